The van der Waals surface area contributed by atoms with Crippen LogP contribution in [0.3, 0.4) is 0 Å². The number of thiophene rings is 2. The van der Waals surface area contributed by atoms with Gasteiger partial charge in [-0.3, -0.25) is 4.79 Å². The second-order valence-corrected chi connectivity index (χ2v) is 11.5. The van der Waals surface area contributed by atoms with E-state index in [4.69, 9.17) is 4.74 Å². The summed E-state index contributed by atoms with van der Waals surface area (Å²) in [4.78, 5) is 17.2. The van der Waals surface area contributed by atoms with Gasteiger partial charge in [0.1, 0.15) is 10.7 Å². The van der Waals surface area contributed by atoms with Crippen LogP contribution in [-0.4, -0.2) is 56.4 Å². The average molecular weight is 493 g/mol. The number of ether oxygens (including phenoxy) is 1. The lowest BCUT2D eigenvalue weighted by Gasteiger charge is -2.35. The maximum atomic E-state index is 14.6. The number of sulfonamides is 1. The summed E-state index contributed by atoms with van der Waals surface area (Å²) >= 11 is 3.26. The van der Waals surface area contributed by atoms with Crippen molar-refractivity contribution in [2.75, 3.05) is 32.8 Å². The van der Waals surface area contributed by atoms with Gasteiger partial charge in [0.15, 0.2) is 0 Å². The van der Waals surface area contributed by atoms with Crippen molar-refractivity contribution in [2.24, 2.45) is 0 Å². The van der Waals surface area contributed by atoms with Crippen molar-refractivity contribution < 1.29 is 22.3 Å². The van der Waals surface area contributed by atoms with E-state index in [1.807, 2.05) is 29.0 Å². The fourth-order valence-electron chi connectivity index (χ4n) is 4.21. The minimum absolute atomic E-state index is 0.160. The molecule has 1 saturated heterocycles. The molecule has 0 radical (unpaired) electrons. The lowest BCUT2D eigenvalue weighted by atomic mass is 9.97. The van der Waals surface area contributed by atoms with Crippen LogP contribution >= 0.6 is 22.7 Å². The third-order valence-corrected chi connectivity index (χ3v) is 9.64. The first-order valence-corrected chi connectivity index (χ1v) is 13.4. The van der Waals surface area contributed by atoms with E-state index in [9.17, 15) is 17.6 Å². The zero-order valence-corrected chi connectivity index (χ0v) is 19.5. The second kappa shape index (κ2) is 8.68. The Kier molecular flexibility index (Phi) is 5.89. The van der Waals surface area contributed by atoms with Gasteiger partial charge < -0.3 is 9.64 Å². The van der Waals surface area contributed by atoms with E-state index < -0.39 is 20.7 Å². The lowest BCUT2D eigenvalue weighted by molar-refractivity contribution is 0.0697. The number of hydrogen-bond donors (Lipinski definition) is 0. The van der Waals surface area contributed by atoms with Gasteiger partial charge in [-0.1, -0.05) is 6.07 Å². The standard InChI is InChI=1S/C22H21FN2O4S3/c23-17-4-3-15(14-20(17)32(27,28)24-8-10-29-11-9-24)22(26)25-7-5-18-16(6-13-31-18)21(25)19-2-1-12-30-19/h1-4,6,12-14,21H,5,7-11H2/t21-/m1/s1. The molecule has 10 heteroatoms. The molecule has 0 saturated carbocycles. The van der Waals surface area contributed by atoms with Crippen LogP contribution in [0, 0.1) is 5.82 Å². The molecule has 168 valence electrons. The predicted molar refractivity (Wildman–Crippen MR) is 121 cm³/mol. The van der Waals surface area contributed by atoms with E-state index in [2.05, 4.69) is 0 Å². The number of carbonyl (C=O) groups is 1. The monoisotopic (exact) mass is 492 g/mol. The SMILES string of the molecule is O=C(c1ccc(F)c(S(=O)(=O)N2CCOCC2)c1)N1CCc2sccc2[C@@H]1c1cccs1. The molecule has 4 heterocycles. The molecule has 0 spiro atoms. The Morgan fingerprint density at radius 1 is 1.06 bits per heavy atom. The molecule has 6 nitrogen and oxygen atoms in total. The molecular formula is C22H21FN2O4S3. The van der Waals surface area contributed by atoms with Crippen molar-refractivity contribution >= 4 is 38.6 Å². The molecule has 3 aromatic rings. The first kappa shape index (κ1) is 21.7. The molecule has 2 aromatic heterocycles. The number of rotatable bonds is 4. The topological polar surface area (TPSA) is 66.9 Å². The van der Waals surface area contributed by atoms with Crippen molar-refractivity contribution in [3.05, 3.63) is 73.9 Å². The number of fused-ring (bicyclic) bond motifs is 1. The van der Waals surface area contributed by atoms with Gasteiger partial charge in [-0.05, 0) is 53.1 Å². The van der Waals surface area contributed by atoms with Gasteiger partial charge in [-0.15, -0.1) is 22.7 Å². The Hall–Kier alpha value is -2.11. The van der Waals surface area contributed by atoms with Gasteiger partial charge in [0.05, 0.1) is 19.3 Å². The van der Waals surface area contributed by atoms with Crippen molar-refractivity contribution in [3.8, 4) is 0 Å². The first-order valence-electron chi connectivity index (χ1n) is 10.2. The molecule has 32 heavy (non-hydrogen) atoms. The van der Waals surface area contributed by atoms with Gasteiger partial charge >= 0.3 is 0 Å². The summed E-state index contributed by atoms with van der Waals surface area (Å²) in [6.45, 7) is 1.36. The largest absolute Gasteiger partial charge is 0.379 e. The zero-order chi connectivity index (χ0) is 22.3. The summed E-state index contributed by atoms with van der Waals surface area (Å²) in [5.41, 5.74) is 1.26. The zero-order valence-electron chi connectivity index (χ0n) is 17.1. The number of hydrogen-bond acceptors (Lipinski definition) is 6. The summed E-state index contributed by atoms with van der Waals surface area (Å²) < 4.78 is 47.1. The van der Waals surface area contributed by atoms with Gasteiger partial charge in [-0.2, -0.15) is 4.31 Å². The molecule has 1 fully saturated rings. The fraction of sp³-hybridized carbons (Fsp3) is 0.318. The van der Waals surface area contributed by atoms with Crippen LogP contribution in [0.5, 0.6) is 0 Å². The van der Waals surface area contributed by atoms with Crippen LogP contribution in [0.4, 0.5) is 4.39 Å². The molecule has 1 aromatic carbocycles. The summed E-state index contributed by atoms with van der Waals surface area (Å²) in [6, 6.07) is 9.38. The van der Waals surface area contributed by atoms with E-state index >= 15 is 0 Å². The summed E-state index contributed by atoms with van der Waals surface area (Å²) in [5.74, 6) is -1.17. The maximum absolute atomic E-state index is 14.6. The summed E-state index contributed by atoms with van der Waals surface area (Å²) in [6.07, 6.45) is 0.737. The van der Waals surface area contributed by atoms with Crippen LogP contribution in [0.1, 0.15) is 31.7 Å². The highest BCUT2D eigenvalue weighted by Crippen LogP contribution is 2.40. The van der Waals surface area contributed by atoms with Crippen LogP contribution in [0.25, 0.3) is 0 Å². The quantitative estimate of drug-likeness (QED) is 0.556. The highest BCUT2D eigenvalue weighted by atomic mass is 32.2. The van der Waals surface area contributed by atoms with E-state index in [0.29, 0.717) is 6.54 Å². The fourth-order valence-corrected chi connectivity index (χ4v) is 7.47. The number of amides is 1. The maximum Gasteiger partial charge on any atom is 0.254 e. The number of benzene rings is 1. The Balaban J connectivity index is 1.51. The molecule has 5 rings (SSSR count). The Morgan fingerprint density at radius 2 is 1.88 bits per heavy atom. The third kappa shape index (κ3) is 3.80. The lowest BCUT2D eigenvalue weighted by Crippen LogP contribution is -2.41. The molecule has 0 bridgehead atoms. The van der Waals surface area contributed by atoms with Crippen molar-refractivity contribution in [3.63, 3.8) is 0 Å². The minimum Gasteiger partial charge on any atom is -0.379 e. The molecule has 1 amide bonds. The van der Waals surface area contributed by atoms with Crippen LogP contribution in [0.15, 0.2) is 52.1 Å². The van der Waals surface area contributed by atoms with E-state index in [1.54, 1.807) is 27.6 Å². The summed E-state index contributed by atoms with van der Waals surface area (Å²) in [7, 11) is -4.06. The Morgan fingerprint density at radius 3 is 2.62 bits per heavy atom. The third-order valence-electron chi connectivity index (χ3n) is 5.81. The first-order chi connectivity index (χ1) is 15.5. The smallest absolute Gasteiger partial charge is 0.254 e. The van der Waals surface area contributed by atoms with E-state index in [-0.39, 0.29) is 43.8 Å². The Labute approximate surface area is 193 Å². The van der Waals surface area contributed by atoms with Gasteiger partial charge in [0, 0.05) is 35.0 Å². The van der Waals surface area contributed by atoms with E-state index in [0.717, 1.165) is 22.9 Å². The Bertz CT molecular complexity index is 1230. The number of morpholine rings is 1. The van der Waals surface area contributed by atoms with Gasteiger partial charge in [0.2, 0.25) is 10.0 Å². The second-order valence-electron chi connectivity index (χ2n) is 7.63. The number of nitrogens with zero attached hydrogens (tertiary/aromatic N) is 2. The average Bonchev–Trinajstić information content (AvgIpc) is 3.51. The van der Waals surface area contributed by atoms with E-state index in [1.165, 1.54) is 21.3 Å². The minimum atomic E-state index is -4.06. The van der Waals surface area contributed by atoms with Crippen molar-refractivity contribution in [2.45, 2.75) is 17.4 Å². The molecule has 0 N–H and O–H groups in total. The van der Waals surface area contributed by atoms with Gasteiger partial charge in [-0.25, -0.2) is 12.8 Å². The summed E-state index contributed by atoms with van der Waals surface area (Å²) in [5, 5.41) is 4.01. The number of halogens is 1. The molecular weight excluding hydrogens is 471 g/mol. The molecule has 2 aliphatic heterocycles. The number of carbonyl (C=O) groups excluding carboxylic acids is 1. The predicted octanol–water partition coefficient (Wildman–Crippen LogP) is 3.76. The highest BCUT2D eigenvalue weighted by Gasteiger charge is 2.35. The van der Waals surface area contributed by atoms with Gasteiger partial charge in [0.25, 0.3) is 5.91 Å². The normalized spacial score (nSPS) is 19.7. The van der Waals surface area contributed by atoms with Crippen molar-refractivity contribution in [1.82, 2.24) is 9.21 Å². The highest BCUT2D eigenvalue weighted by molar-refractivity contribution is 7.89. The van der Waals surface area contributed by atoms with Crippen LogP contribution in [0.2, 0.25) is 0 Å². The van der Waals surface area contributed by atoms with Crippen LogP contribution in [-0.2, 0) is 21.2 Å². The van der Waals surface area contributed by atoms with Crippen molar-refractivity contribution in [1.29, 1.82) is 0 Å². The van der Waals surface area contributed by atoms with Crippen LogP contribution < -0.4 is 0 Å². The molecule has 2 aliphatic rings. The molecule has 0 aliphatic carbocycles. The molecule has 0 unspecified atom stereocenters. The molecule has 1 atom stereocenters.